The van der Waals surface area contributed by atoms with Gasteiger partial charge in [-0.25, -0.2) is 4.90 Å². The summed E-state index contributed by atoms with van der Waals surface area (Å²) in [4.78, 5) is 25.8. The first-order valence-electron chi connectivity index (χ1n) is 7.08. The van der Waals surface area contributed by atoms with Gasteiger partial charge in [0.2, 0.25) is 11.8 Å². The predicted octanol–water partition coefficient (Wildman–Crippen LogP) is 2.50. The maximum Gasteiger partial charge on any atom is 0.237 e. The SMILES string of the molecule is COc1ccccc1/C(=N/O)N(C(=O)C(C)C)C(=O)C(C)C. The molecule has 0 heterocycles. The van der Waals surface area contributed by atoms with E-state index in [2.05, 4.69) is 5.16 Å². The number of amides is 2. The molecule has 0 aliphatic carbocycles. The smallest absolute Gasteiger partial charge is 0.237 e. The predicted molar refractivity (Wildman–Crippen MR) is 82.8 cm³/mol. The molecule has 0 saturated carbocycles. The number of oxime groups is 1. The molecule has 0 spiro atoms. The van der Waals surface area contributed by atoms with E-state index in [0.29, 0.717) is 11.3 Å². The average Bonchev–Trinajstić information content (AvgIpc) is 2.51. The zero-order chi connectivity index (χ0) is 16.9. The molecule has 2 amide bonds. The molecule has 1 N–H and O–H groups in total. The summed E-state index contributed by atoms with van der Waals surface area (Å²) in [6.45, 7) is 6.72. The van der Waals surface area contributed by atoms with Crippen LogP contribution >= 0.6 is 0 Å². The standard InChI is InChI=1S/C16H22N2O4/c1-10(2)15(19)18(16(20)11(3)4)14(17-21)12-8-6-7-9-13(12)22-5/h6-11,21H,1-5H3/b17-14-. The molecule has 22 heavy (non-hydrogen) atoms. The highest BCUT2D eigenvalue weighted by Crippen LogP contribution is 2.22. The van der Waals surface area contributed by atoms with Crippen LogP contribution in [0.2, 0.25) is 0 Å². The van der Waals surface area contributed by atoms with Crippen molar-refractivity contribution < 1.29 is 19.5 Å². The lowest BCUT2D eigenvalue weighted by molar-refractivity contribution is -0.143. The van der Waals surface area contributed by atoms with Gasteiger partial charge in [-0.1, -0.05) is 45.0 Å². The van der Waals surface area contributed by atoms with Crippen molar-refractivity contribution in [1.29, 1.82) is 0 Å². The van der Waals surface area contributed by atoms with Gasteiger partial charge in [-0.15, -0.1) is 0 Å². The largest absolute Gasteiger partial charge is 0.496 e. The highest BCUT2D eigenvalue weighted by molar-refractivity contribution is 6.19. The van der Waals surface area contributed by atoms with Crippen molar-refractivity contribution in [3.63, 3.8) is 0 Å². The summed E-state index contributed by atoms with van der Waals surface area (Å²) in [5.41, 5.74) is 0.371. The Morgan fingerprint density at radius 2 is 1.59 bits per heavy atom. The van der Waals surface area contributed by atoms with Gasteiger partial charge in [0.1, 0.15) is 5.75 Å². The number of imide groups is 1. The van der Waals surface area contributed by atoms with Crippen molar-refractivity contribution in [3.8, 4) is 5.75 Å². The highest BCUT2D eigenvalue weighted by Gasteiger charge is 2.32. The molecule has 0 radical (unpaired) electrons. The van der Waals surface area contributed by atoms with E-state index in [1.54, 1.807) is 52.0 Å². The van der Waals surface area contributed by atoms with E-state index in [0.717, 1.165) is 4.90 Å². The summed E-state index contributed by atoms with van der Waals surface area (Å²) in [5.74, 6) is -1.43. The molecule has 0 fully saturated rings. The van der Waals surface area contributed by atoms with E-state index in [1.165, 1.54) is 7.11 Å². The molecule has 0 saturated heterocycles. The van der Waals surface area contributed by atoms with Crippen molar-refractivity contribution >= 4 is 17.6 Å². The van der Waals surface area contributed by atoms with E-state index < -0.39 is 23.7 Å². The van der Waals surface area contributed by atoms with Gasteiger partial charge in [-0.05, 0) is 12.1 Å². The van der Waals surface area contributed by atoms with Gasteiger partial charge in [-0.2, -0.15) is 0 Å². The molecule has 0 aromatic heterocycles. The van der Waals surface area contributed by atoms with Crippen LogP contribution in [0.4, 0.5) is 0 Å². The normalized spacial score (nSPS) is 11.7. The fourth-order valence-electron chi connectivity index (χ4n) is 1.88. The fraction of sp³-hybridized carbons (Fsp3) is 0.438. The monoisotopic (exact) mass is 306 g/mol. The van der Waals surface area contributed by atoms with E-state index in [-0.39, 0.29) is 5.84 Å². The molecular formula is C16H22N2O4. The Balaban J connectivity index is 3.43. The van der Waals surface area contributed by atoms with Crippen LogP contribution in [0.3, 0.4) is 0 Å². The lowest BCUT2D eigenvalue weighted by atomic mass is 10.1. The molecule has 0 atom stereocenters. The zero-order valence-corrected chi connectivity index (χ0v) is 13.5. The number of methoxy groups -OCH3 is 1. The second kappa shape index (κ2) is 7.59. The van der Waals surface area contributed by atoms with Gasteiger partial charge >= 0.3 is 0 Å². The number of nitrogens with zero attached hydrogens (tertiary/aromatic N) is 2. The number of hydrogen-bond donors (Lipinski definition) is 1. The van der Waals surface area contributed by atoms with Gasteiger partial charge in [0.25, 0.3) is 0 Å². The Morgan fingerprint density at radius 3 is 2.00 bits per heavy atom. The van der Waals surface area contributed by atoms with Crippen LogP contribution < -0.4 is 4.74 Å². The number of rotatable bonds is 4. The van der Waals surface area contributed by atoms with Gasteiger partial charge in [0.05, 0.1) is 12.7 Å². The molecule has 6 heteroatoms. The van der Waals surface area contributed by atoms with Gasteiger partial charge < -0.3 is 9.94 Å². The van der Waals surface area contributed by atoms with Gasteiger partial charge in [0.15, 0.2) is 5.84 Å². The summed E-state index contributed by atoms with van der Waals surface area (Å²) in [6, 6.07) is 6.75. The van der Waals surface area contributed by atoms with Crippen LogP contribution in [0.1, 0.15) is 33.3 Å². The van der Waals surface area contributed by atoms with Crippen LogP contribution in [0, 0.1) is 11.8 Å². The Morgan fingerprint density at radius 1 is 1.09 bits per heavy atom. The first-order chi connectivity index (χ1) is 10.3. The highest BCUT2D eigenvalue weighted by atomic mass is 16.5. The minimum absolute atomic E-state index is 0.130. The maximum absolute atomic E-state index is 12.4. The van der Waals surface area contributed by atoms with E-state index in [4.69, 9.17) is 4.74 Å². The van der Waals surface area contributed by atoms with Gasteiger partial charge in [0, 0.05) is 11.8 Å². The number of amidine groups is 1. The van der Waals surface area contributed by atoms with Crippen molar-refractivity contribution in [2.75, 3.05) is 7.11 Å². The molecule has 6 nitrogen and oxygen atoms in total. The maximum atomic E-state index is 12.4. The second-order valence-corrected chi connectivity index (χ2v) is 5.45. The first-order valence-corrected chi connectivity index (χ1v) is 7.08. The molecular weight excluding hydrogens is 284 g/mol. The van der Waals surface area contributed by atoms with E-state index in [9.17, 15) is 14.8 Å². The van der Waals surface area contributed by atoms with Crippen LogP contribution in [-0.2, 0) is 9.59 Å². The summed E-state index contributed by atoms with van der Waals surface area (Å²) in [6.07, 6.45) is 0. The van der Waals surface area contributed by atoms with Gasteiger partial charge in [-0.3, -0.25) is 9.59 Å². The van der Waals surface area contributed by atoms with Crippen molar-refractivity contribution in [1.82, 2.24) is 4.90 Å². The Hall–Kier alpha value is -2.37. The molecule has 0 bridgehead atoms. The number of carbonyl (C=O) groups excluding carboxylic acids is 2. The molecule has 1 aromatic carbocycles. The molecule has 120 valence electrons. The fourth-order valence-corrected chi connectivity index (χ4v) is 1.88. The molecule has 0 unspecified atom stereocenters. The van der Waals surface area contributed by atoms with Crippen LogP contribution in [0.5, 0.6) is 5.75 Å². The molecule has 1 aromatic rings. The molecule has 0 aliphatic heterocycles. The van der Waals surface area contributed by atoms with Crippen LogP contribution in [0.25, 0.3) is 0 Å². The Kier molecular flexibility index (Phi) is 6.10. The third kappa shape index (κ3) is 3.63. The van der Waals surface area contributed by atoms with E-state index in [1.807, 2.05) is 0 Å². The summed E-state index contributed by atoms with van der Waals surface area (Å²) in [5, 5.41) is 12.6. The summed E-state index contributed by atoms with van der Waals surface area (Å²) < 4.78 is 5.22. The Bertz CT molecular complexity index is 559. The van der Waals surface area contributed by atoms with Crippen LogP contribution in [0.15, 0.2) is 29.4 Å². The second-order valence-electron chi connectivity index (χ2n) is 5.45. The third-order valence-corrected chi connectivity index (χ3v) is 3.08. The quantitative estimate of drug-likeness (QED) is 0.401. The van der Waals surface area contributed by atoms with Crippen molar-refractivity contribution in [2.45, 2.75) is 27.7 Å². The Labute approximate surface area is 130 Å². The third-order valence-electron chi connectivity index (χ3n) is 3.08. The topological polar surface area (TPSA) is 79.2 Å². The summed E-state index contributed by atoms with van der Waals surface area (Å²) in [7, 11) is 1.46. The minimum atomic E-state index is -0.433. The van der Waals surface area contributed by atoms with Crippen molar-refractivity contribution in [2.24, 2.45) is 17.0 Å². The average molecular weight is 306 g/mol. The van der Waals surface area contributed by atoms with Crippen LogP contribution in [-0.4, -0.2) is 34.9 Å². The number of carbonyl (C=O) groups is 2. The summed E-state index contributed by atoms with van der Waals surface area (Å²) >= 11 is 0. The zero-order valence-electron chi connectivity index (χ0n) is 13.5. The lowest BCUT2D eigenvalue weighted by Crippen LogP contribution is -2.46. The molecule has 1 rings (SSSR count). The number of ether oxygens (including phenoxy) is 1. The lowest BCUT2D eigenvalue weighted by Gasteiger charge is -2.25. The van der Waals surface area contributed by atoms with Crippen molar-refractivity contribution in [3.05, 3.63) is 29.8 Å². The minimum Gasteiger partial charge on any atom is -0.496 e. The first kappa shape index (κ1) is 17.7. The molecule has 0 aliphatic rings. The number of hydrogen-bond acceptors (Lipinski definition) is 5. The number of benzene rings is 1. The van der Waals surface area contributed by atoms with E-state index >= 15 is 0 Å². The number of para-hydroxylation sites is 1.